The Balaban J connectivity index is 2.45. The largest absolute Gasteiger partial charge is 0.396 e. The minimum Gasteiger partial charge on any atom is -0.396 e. The van der Waals surface area contributed by atoms with Gasteiger partial charge in [-0.2, -0.15) is 11.8 Å². The van der Waals surface area contributed by atoms with Crippen LogP contribution in [0.3, 0.4) is 0 Å². The lowest BCUT2D eigenvalue weighted by atomic mass is 10.2. The third-order valence-corrected chi connectivity index (χ3v) is 3.17. The number of aliphatic hydroxyl groups excluding tert-OH is 1. The van der Waals surface area contributed by atoms with E-state index in [1.54, 1.807) is 17.8 Å². The van der Waals surface area contributed by atoms with Crippen molar-refractivity contribution in [2.45, 2.75) is 12.2 Å². The highest BCUT2D eigenvalue weighted by Crippen LogP contribution is 2.22. The van der Waals surface area contributed by atoms with Gasteiger partial charge in [-0.3, -0.25) is 0 Å². The van der Waals surface area contributed by atoms with E-state index in [2.05, 4.69) is 0 Å². The Morgan fingerprint density at radius 1 is 1.43 bits per heavy atom. The zero-order valence-corrected chi connectivity index (χ0v) is 9.24. The first-order chi connectivity index (χ1) is 6.74. The second kappa shape index (κ2) is 6.27. The molecule has 78 valence electrons. The topological polar surface area (TPSA) is 20.2 Å². The number of rotatable bonds is 5. The van der Waals surface area contributed by atoms with Gasteiger partial charge in [0, 0.05) is 17.4 Å². The van der Waals surface area contributed by atoms with Crippen molar-refractivity contribution >= 4 is 23.4 Å². The Morgan fingerprint density at radius 3 is 2.93 bits per heavy atom. The van der Waals surface area contributed by atoms with Crippen molar-refractivity contribution < 1.29 is 9.50 Å². The van der Waals surface area contributed by atoms with Crippen LogP contribution in [0, 0.1) is 5.82 Å². The van der Waals surface area contributed by atoms with Crippen molar-refractivity contribution in [3.63, 3.8) is 0 Å². The fourth-order valence-electron chi connectivity index (χ4n) is 1.00. The molecule has 0 heterocycles. The van der Waals surface area contributed by atoms with Crippen LogP contribution in [-0.2, 0) is 5.75 Å². The summed E-state index contributed by atoms with van der Waals surface area (Å²) < 4.78 is 12.8. The highest BCUT2D eigenvalue weighted by molar-refractivity contribution is 7.98. The molecule has 4 heteroatoms. The van der Waals surface area contributed by atoms with Gasteiger partial charge in [0.2, 0.25) is 0 Å². The number of halogens is 2. The van der Waals surface area contributed by atoms with Gasteiger partial charge >= 0.3 is 0 Å². The Morgan fingerprint density at radius 2 is 2.21 bits per heavy atom. The van der Waals surface area contributed by atoms with E-state index in [4.69, 9.17) is 16.7 Å². The summed E-state index contributed by atoms with van der Waals surface area (Å²) in [6.07, 6.45) is 0.762. The minimum absolute atomic E-state index is 0.198. The number of thioether (sulfide) groups is 1. The average Bonchev–Trinajstić information content (AvgIpc) is 2.18. The lowest BCUT2D eigenvalue weighted by Gasteiger charge is -2.03. The van der Waals surface area contributed by atoms with Gasteiger partial charge < -0.3 is 5.11 Å². The Labute approximate surface area is 92.3 Å². The van der Waals surface area contributed by atoms with Gasteiger partial charge in [0.1, 0.15) is 5.82 Å². The standard InChI is InChI=1S/C10H12ClFOS/c11-10-3-2-9(12)6-8(10)7-14-5-1-4-13/h2-3,6,13H,1,4-5,7H2. The number of benzene rings is 1. The smallest absolute Gasteiger partial charge is 0.123 e. The van der Waals surface area contributed by atoms with Gasteiger partial charge in [-0.05, 0) is 35.9 Å². The summed E-state index contributed by atoms with van der Waals surface area (Å²) in [4.78, 5) is 0. The van der Waals surface area contributed by atoms with Crippen LogP contribution in [0.5, 0.6) is 0 Å². The van der Waals surface area contributed by atoms with Crippen molar-refractivity contribution in [2.24, 2.45) is 0 Å². The maximum atomic E-state index is 12.8. The summed E-state index contributed by atoms with van der Waals surface area (Å²) in [5.41, 5.74) is 0.814. The average molecular weight is 235 g/mol. The van der Waals surface area contributed by atoms with Crippen LogP contribution >= 0.6 is 23.4 Å². The number of hydrogen-bond acceptors (Lipinski definition) is 2. The lowest BCUT2D eigenvalue weighted by Crippen LogP contribution is -1.89. The van der Waals surface area contributed by atoms with Crippen molar-refractivity contribution in [1.82, 2.24) is 0 Å². The van der Waals surface area contributed by atoms with Crippen LogP contribution in [0.1, 0.15) is 12.0 Å². The molecule has 0 aliphatic heterocycles. The molecule has 1 N–H and O–H groups in total. The molecule has 0 atom stereocenters. The van der Waals surface area contributed by atoms with Crippen molar-refractivity contribution in [3.05, 3.63) is 34.6 Å². The molecule has 1 aromatic carbocycles. The maximum Gasteiger partial charge on any atom is 0.123 e. The minimum atomic E-state index is -0.257. The van der Waals surface area contributed by atoms with Crippen LogP contribution in [0.25, 0.3) is 0 Å². The monoisotopic (exact) mass is 234 g/mol. The van der Waals surface area contributed by atoms with Crippen LogP contribution < -0.4 is 0 Å². The summed E-state index contributed by atoms with van der Waals surface area (Å²) >= 11 is 7.52. The van der Waals surface area contributed by atoms with Crippen molar-refractivity contribution in [2.75, 3.05) is 12.4 Å². The first-order valence-corrected chi connectivity index (χ1v) is 5.90. The van der Waals surface area contributed by atoms with Crippen LogP contribution in [0.4, 0.5) is 4.39 Å². The predicted molar refractivity (Wildman–Crippen MR) is 59.3 cm³/mol. The van der Waals surface area contributed by atoms with Gasteiger partial charge in [0.05, 0.1) is 0 Å². The fraction of sp³-hybridized carbons (Fsp3) is 0.400. The van der Waals surface area contributed by atoms with Crippen molar-refractivity contribution in [3.8, 4) is 0 Å². The SMILES string of the molecule is OCCCSCc1cc(F)ccc1Cl. The molecule has 14 heavy (non-hydrogen) atoms. The molecule has 0 fully saturated rings. The molecule has 0 spiro atoms. The second-order valence-corrected chi connectivity index (χ2v) is 4.38. The third kappa shape index (κ3) is 3.86. The van der Waals surface area contributed by atoms with E-state index in [9.17, 15) is 4.39 Å². The molecule has 0 bridgehead atoms. The molecule has 0 saturated carbocycles. The fourth-order valence-corrected chi connectivity index (χ4v) is 2.20. The van der Waals surface area contributed by atoms with E-state index < -0.39 is 0 Å². The molecule has 0 aliphatic carbocycles. The van der Waals surface area contributed by atoms with Gasteiger partial charge in [0.15, 0.2) is 0 Å². The summed E-state index contributed by atoms with van der Waals surface area (Å²) in [5.74, 6) is 1.30. The summed E-state index contributed by atoms with van der Waals surface area (Å²) in [6.45, 7) is 0.198. The molecule has 0 saturated heterocycles. The van der Waals surface area contributed by atoms with E-state index in [0.29, 0.717) is 10.8 Å². The zero-order chi connectivity index (χ0) is 10.4. The van der Waals surface area contributed by atoms with Crippen LogP contribution in [0.2, 0.25) is 5.02 Å². The Bertz CT molecular complexity index is 293. The summed E-state index contributed by atoms with van der Waals surface area (Å²) in [7, 11) is 0. The number of aliphatic hydroxyl groups is 1. The first-order valence-electron chi connectivity index (χ1n) is 4.36. The van der Waals surface area contributed by atoms with E-state index in [1.165, 1.54) is 12.1 Å². The highest BCUT2D eigenvalue weighted by Gasteiger charge is 2.01. The van der Waals surface area contributed by atoms with E-state index in [1.807, 2.05) is 0 Å². The molecule has 1 rings (SSSR count). The van der Waals surface area contributed by atoms with Crippen LogP contribution in [0.15, 0.2) is 18.2 Å². The molecular weight excluding hydrogens is 223 g/mol. The molecule has 0 aromatic heterocycles. The first kappa shape index (κ1) is 11.8. The Hall–Kier alpha value is -0.250. The molecule has 1 nitrogen and oxygen atoms in total. The Kier molecular flexibility index (Phi) is 5.30. The van der Waals surface area contributed by atoms with E-state index in [0.717, 1.165) is 17.7 Å². The summed E-state index contributed by atoms with van der Waals surface area (Å²) in [5, 5.41) is 9.16. The highest BCUT2D eigenvalue weighted by atomic mass is 35.5. The normalized spacial score (nSPS) is 10.5. The summed E-state index contributed by atoms with van der Waals surface area (Å²) in [6, 6.07) is 4.37. The predicted octanol–water partition coefficient (Wildman–Crippen LogP) is 3.09. The molecule has 0 unspecified atom stereocenters. The van der Waals surface area contributed by atoms with Crippen molar-refractivity contribution in [1.29, 1.82) is 0 Å². The molecule has 0 amide bonds. The van der Waals surface area contributed by atoms with Gasteiger partial charge in [0.25, 0.3) is 0 Å². The lowest BCUT2D eigenvalue weighted by molar-refractivity contribution is 0.296. The van der Waals surface area contributed by atoms with Gasteiger partial charge in [-0.15, -0.1) is 0 Å². The zero-order valence-electron chi connectivity index (χ0n) is 7.67. The molecular formula is C10H12ClFOS. The third-order valence-electron chi connectivity index (χ3n) is 1.71. The molecule has 0 radical (unpaired) electrons. The quantitative estimate of drug-likeness (QED) is 0.791. The molecule has 1 aromatic rings. The number of hydrogen-bond donors (Lipinski definition) is 1. The van der Waals surface area contributed by atoms with Gasteiger partial charge in [-0.25, -0.2) is 4.39 Å². The van der Waals surface area contributed by atoms with E-state index in [-0.39, 0.29) is 12.4 Å². The second-order valence-electron chi connectivity index (χ2n) is 2.87. The molecule has 0 aliphatic rings. The van der Waals surface area contributed by atoms with Crippen LogP contribution in [-0.4, -0.2) is 17.5 Å². The van der Waals surface area contributed by atoms with E-state index >= 15 is 0 Å². The maximum absolute atomic E-state index is 12.8. The van der Waals surface area contributed by atoms with Gasteiger partial charge in [-0.1, -0.05) is 11.6 Å².